The van der Waals surface area contributed by atoms with Gasteiger partial charge in [-0.3, -0.25) is 9.59 Å². The standard InChI is InChI=1S/C23H24Cl2N2O3/c1-15(12-16-6-3-2-4-7-16)27-14-18(21(28)23(27)30)22(29)26-11-5-8-17-9-10-19(24)20(25)13-17/h2-4,6-7,9-10,13,15,28H,5,8,11-12,14H2,1H3,(H,26,29). The van der Waals surface area contributed by atoms with Gasteiger partial charge in [-0.2, -0.15) is 0 Å². The number of halogens is 2. The summed E-state index contributed by atoms with van der Waals surface area (Å²) in [5, 5.41) is 14.0. The molecule has 0 radical (unpaired) electrons. The van der Waals surface area contributed by atoms with Crippen molar-refractivity contribution >= 4 is 35.0 Å². The van der Waals surface area contributed by atoms with Gasteiger partial charge >= 0.3 is 0 Å². The minimum atomic E-state index is -0.501. The van der Waals surface area contributed by atoms with Gasteiger partial charge in [0.2, 0.25) is 0 Å². The highest BCUT2D eigenvalue weighted by molar-refractivity contribution is 6.42. The van der Waals surface area contributed by atoms with Crippen molar-refractivity contribution in [1.29, 1.82) is 0 Å². The molecule has 2 amide bonds. The Morgan fingerprint density at radius 1 is 1.13 bits per heavy atom. The molecule has 158 valence electrons. The first-order chi connectivity index (χ1) is 14.4. The van der Waals surface area contributed by atoms with Gasteiger partial charge in [-0.05, 0) is 49.4 Å². The van der Waals surface area contributed by atoms with Crippen LogP contribution in [-0.4, -0.2) is 41.0 Å². The second kappa shape index (κ2) is 10.0. The summed E-state index contributed by atoms with van der Waals surface area (Å²) in [6, 6.07) is 15.1. The number of hydrogen-bond donors (Lipinski definition) is 2. The van der Waals surface area contributed by atoms with Crippen molar-refractivity contribution in [1.82, 2.24) is 10.2 Å². The van der Waals surface area contributed by atoms with Crippen LogP contribution >= 0.6 is 23.2 Å². The van der Waals surface area contributed by atoms with Crippen LogP contribution in [0.15, 0.2) is 59.9 Å². The molecular weight excluding hydrogens is 423 g/mol. The molecule has 0 aromatic heterocycles. The molecule has 1 aliphatic heterocycles. The van der Waals surface area contributed by atoms with Gasteiger partial charge in [-0.15, -0.1) is 0 Å². The number of rotatable bonds is 8. The highest BCUT2D eigenvalue weighted by Crippen LogP contribution is 2.23. The maximum absolute atomic E-state index is 12.5. The average Bonchev–Trinajstić information content (AvgIpc) is 3.03. The molecule has 3 rings (SSSR count). The summed E-state index contributed by atoms with van der Waals surface area (Å²) in [6.07, 6.45) is 2.07. The van der Waals surface area contributed by atoms with E-state index in [1.165, 1.54) is 4.90 Å². The van der Waals surface area contributed by atoms with Gasteiger partial charge < -0.3 is 15.3 Å². The van der Waals surface area contributed by atoms with Gasteiger partial charge in [0.15, 0.2) is 5.76 Å². The summed E-state index contributed by atoms with van der Waals surface area (Å²) >= 11 is 11.9. The third kappa shape index (κ3) is 5.35. The first kappa shape index (κ1) is 22.2. The highest BCUT2D eigenvalue weighted by atomic mass is 35.5. The van der Waals surface area contributed by atoms with Crippen molar-refractivity contribution in [2.75, 3.05) is 13.1 Å². The molecule has 1 heterocycles. The third-order valence-corrected chi connectivity index (χ3v) is 5.91. The lowest BCUT2D eigenvalue weighted by Gasteiger charge is -2.24. The molecule has 0 bridgehead atoms. The van der Waals surface area contributed by atoms with Gasteiger partial charge in [0.05, 0.1) is 22.2 Å². The minimum Gasteiger partial charge on any atom is -0.503 e. The van der Waals surface area contributed by atoms with Crippen LogP contribution in [-0.2, 0) is 22.4 Å². The van der Waals surface area contributed by atoms with E-state index in [-0.39, 0.29) is 18.2 Å². The van der Waals surface area contributed by atoms with Crippen molar-refractivity contribution in [3.05, 3.63) is 81.0 Å². The van der Waals surface area contributed by atoms with Gasteiger partial charge in [0, 0.05) is 12.6 Å². The lowest BCUT2D eigenvalue weighted by atomic mass is 10.1. The fourth-order valence-electron chi connectivity index (χ4n) is 3.48. The molecule has 1 unspecified atom stereocenters. The molecule has 0 spiro atoms. The largest absolute Gasteiger partial charge is 0.503 e. The number of amides is 2. The van der Waals surface area contributed by atoms with Gasteiger partial charge in [0.25, 0.3) is 11.8 Å². The number of aryl methyl sites for hydroxylation is 1. The lowest BCUT2D eigenvalue weighted by Crippen LogP contribution is -2.38. The van der Waals surface area contributed by atoms with E-state index in [0.717, 1.165) is 17.5 Å². The van der Waals surface area contributed by atoms with E-state index in [1.807, 2.05) is 49.4 Å². The van der Waals surface area contributed by atoms with Crippen LogP contribution in [0, 0.1) is 0 Å². The Morgan fingerprint density at radius 3 is 2.57 bits per heavy atom. The highest BCUT2D eigenvalue weighted by Gasteiger charge is 2.36. The third-order valence-electron chi connectivity index (χ3n) is 5.17. The number of aliphatic hydroxyl groups is 1. The Bertz CT molecular complexity index is 960. The number of nitrogens with one attached hydrogen (secondary N) is 1. The van der Waals surface area contributed by atoms with Crippen LogP contribution in [0.5, 0.6) is 0 Å². The molecule has 2 aromatic rings. The molecular formula is C23H24Cl2N2O3. The van der Waals surface area contributed by atoms with Gasteiger partial charge in [-0.25, -0.2) is 0 Å². The zero-order valence-electron chi connectivity index (χ0n) is 16.7. The molecule has 5 nitrogen and oxygen atoms in total. The summed E-state index contributed by atoms with van der Waals surface area (Å²) in [5.74, 6) is -1.37. The smallest absolute Gasteiger partial charge is 0.289 e. The quantitative estimate of drug-likeness (QED) is 0.592. The lowest BCUT2D eigenvalue weighted by molar-refractivity contribution is -0.129. The number of benzene rings is 2. The molecule has 0 aliphatic carbocycles. The average molecular weight is 447 g/mol. The van der Waals surface area contributed by atoms with Crippen LogP contribution < -0.4 is 5.32 Å². The number of carbonyl (C=O) groups excluding carboxylic acids is 2. The van der Waals surface area contributed by atoms with E-state index in [4.69, 9.17) is 23.2 Å². The summed E-state index contributed by atoms with van der Waals surface area (Å²) in [7, 11) is 0. The fourth-order valence-corrected chi connectivity index (χ4v) is 3.80. The van der Waals surface area contributed by atoms with Gasteiger partial charge in [-0.1, -0.05) is 59.6 Å². The predicted molar refractivity (Wildman–Crippen MR) is 119 cm³/mol. The summed E-state index contributed by atoms with van der Waals surface area (Å²) < 4.78 is 0. The Morgan fingerprint density at radius 2 is 1.87 bits per heavy atom. The zero-order valence-corrected chi connectivity index (χ0v) is 18.2. The number of nitrogens with zero attached hydrogens (tertiary/aromatic N) is 1. The number of aliphatic hydroxyl groups excluding tert-OH is 1. The molecule has 0 saturated heterocycles. The molecule has 0 fully saturated rings. The van der Waals surface area contributed by atoms with E-state index in [9.17, 15) is 14.7 Å². The minimum absolute atomic E-state index is 0.108. The SMILES string of the molecule is CC(Cc1ccccc1)N1CC(C(=O)NCCCc2ccc(Cl)c(Cl)c2)=C(O)C1=O. The Labute approximate surface area is 186 Å². The molecule has 0 saturated carbocycles. The second-order valence-electron chi connectivity index (χ2n) is 7.41. The fraction of sp³-hybridized carbons (Fsp3) is 0.304. The van der Waals surface area contributed by atoms with E-state index in [2.05, 4.69) is 5.32 Å². The van der Waals surface area contributed by atoms with Crippen molar-refractivity contribution in [3.8, 4) is 0 Å². The van der Waals surface area contributed by atoms with E-state index < -0.39 is 17.6 Å². The van der Waals surface area contributed by atoms with Crippen LogP contribution in [0.1, 0.15) is 24.5 Å². The van der Waals surface area contributed by atoms with E-state index in [0.29, 0.717) is 29.4 Å². The maximum atomic E-state index is 12.5. The summed E-state index contributed by atoms with van der Waals surface area (Å²) in [6.45, 7) is 2.44. The number of hydrogen-bond acceptors (Lipinski definition) is 3. The second-order valence-corrected chi connectivity index (χ2v) is 8.22. The predicted octanol–water partition coefficient (Wildman–Crippen LogP) is 4.33. The molecule has 30 heavy (non-hydrogen) atoms. The first-order valence-corrected chi connectivity index (χ1v) is 10.6. The molecule has 7 heteroatoms. The molecule has 1 aliphatic rings. The first-order valence-electron chi connectivity index (χ1n) is 9.86. The van der Waals surface area contributed by atoms with Crippen LogP contribution in [0.3, 0.4) is 0 Å². The molecule has 1 atom stereocenters. The van der Waals surface area contributed by atoms with Crippen LogP contribution in [0.2, 0.25) is 10.0 Å². The topological polar surface area (TPSA) is 69.6 Å². The van der Waals surface area contributed by atoms with Crippen LogP contribution in [0.4, 0.5) is 0 Å². The van der Waals surface area contributed by atoms with Crippen molar-refractivity contribution in [2.24, 2.45) is 0 Å². The maximum Gasteiger partial charge on any atom is 0.289 e. The molecule has 2 N–H and O–H groups in total. The Balaban J connectivity index is 1.50. The zero-order chi connectivity index (χ0) is 21.7. The van der Waals surface area contributed by atoms with Crippen molar-refractivity contribution < 1.29 is 14.7 Å². The van der Waals surface area contributed by atoms with Gasteiger partial charge in [0.1, 0.15) is 0 Å². The monoisotopic (exact) mass is 446 g/mol. The normalized spacial score (nSPS) is 14.9. The summed E-state index contributed by atoms with van der Waals surface area (Å²) in [5.41, 5.74) is 2.24. The van der Waals surface area contributed by atoms with E-state index in [1.54, 1.807) is 6.07 Å². The molecule has 2 aromatic carbocycles. The summed E-state index contributed by atoms with van der Waals surface area (Å²) in [4.78, 5) is 26.5. The van der Waals surface area contributed by atoms with Crippen molar-refractivity contribution in [3.63, 3.8) is 0 Å². The van der Waals surface area contributed by atoms with E-state index >= 15 is 0 Å². The number of carbonyl (C=O) groups is 2. The Kier molecular flexibility index (Phi) is 7.40. The Hall–Kier alpha value is -2.50. The van der Waals surface area contributed by atoms with Crippen molar-refractivity contribution in [2.45, 2.75) is 32.2 Å². The van der Waals surface area contributed by atoms with Crippen LogP contribution in [0.25, 0.3) is 0 Å².